The van der Waals surface area contributed by atoms with Crippen LogP contribution in [0.4, 0.5) is 5.95 Å². The molecule has 1 saturated heterocycles. The molecule has 8 heteroatoms. The van der Waals surface area contributed by atoms with E-state index in [9.17, 15) is 4.79 Å². The number of nitrogens with two attached hydrogens (primary N) is 1. The zero-order valence-corrected chi connectivity index (χ0v) is 10.3. The normalized spacial score (nSPS) is 23.8. The molecular weight excluding hydrogens is 256 g/mol. The number of nitrogen functional groups attached to an aromatic ring is 1. The van der Waals surface area contributed by atoms with E-state index < -0.39 is 0 Å². The Bertz CT molecular complexity index is 638. The van der Waals surface area contributed by atoms with Gasteiger partial charge in [0.05, 0.1) is 23.6 Å². The molecular formula is C10H12N4O3S. The molecule has 0 amide bonds. The molecule has 3 heterocycles. The average molecular weight is 268 g/mol. The first kappa shape index (κ1) is 11.6. The molecule has 3 rings (SSSR count). The predicted octanol–water partition coefficient (Wildman–Crippen LogP) is 0.105. The van der Waals surface area contributed by atoms with Crippen LogP contribution >= 0.6 is 11.3 Å². The zero-order valence-electron chi connectivity index (χ0n) is 9.44. The molecule has 18 heavy (non-hydrogen) atoms. The Labute approximate surface area is 106 Å². The van der Waals surface area contributed by atoms with Crippen molar-refractivity contribution in [1.82, 2.24) is 14.5 Å². The first-order valence-corrected chi connectivity index (χ1v) is 6.40. The number of rotatable bonds is 2. The summed E-state index contributed by atoms with van der Waals surface area (Å²) >= 11 is 1.07. The first-order chi connectivity index (χ1) is 8.69. The fraction of sp³-hybridized carbons (Fsp3) is 0.500. The van der Waals surface area contributed by atoms with Crippen molar-refractivity contribution in [2.75, 3.05) is 12.3 Å². The largest absolute Gasteiger partial charge is 0.394 e. The molecule has 0 aliphatic carbocycles. The summed E-state index contributed by atoms with van der Waals surface area (Å²) in [5, 5.41) is 9.05. The summed E-state index contributed by atoms with van der Waals surface area (Å²) in [6.07, 6.45) is 2.36. The van der Waals surface area contributed by atoms with E-state index in [-0.39, 0.29) is 29.8 Å². The smallest absolute Gasteiger partial charge is 0.311 e. The fourth-order valence-corrected chi connectivity index (χ4v) is 2.95. The van der Waals surface area contributed by atoms with Crippen LogP contribution in [-0.4, -0.2) is 32.4 Å². The highest BCUT2D eigenvalue weighted by Crippen LogP contribution is 2.30. The van der Waals surface area contributed by atoms with Gasteiger partial charge >= 0.3 is 4.87 Å². The monoisotopic (exact) mass is 268 g/mol. The Morgan fingerprint density at radius 3 is 3.17 bits per heavy atom. The number of anilines is 1. The number of aliphatic hydroxyl groups excluding tert-OH is 1. The van der Waals surface area contributed by atoms with Gasteiger partial charge in [-0.25, -0.2) is 4.98 Å². The van der Waals surface area contributed by atoms with Crippen LogP contribution in [0.2, 0.25) is 0 Å². The Kier molecular flexibility index (Phi) is 2.77. The molecule has 2 atom stereocenters. The summed E-state index contributed by atoms with van der Waals surface area (Å²) in [6, 6.07) is 0. The van der Waals surface area contributed by atoms with Crippen molar-refractivity contribution in [2.45, 2.75) is 25.2 Å². The maximum Gasteiger partial charge on any atom is 0.311 e. The van der Waals surface area contributed by atoms with E-state index in [2.05, 4.69) is 9.97 Å². The number of hydrogen-bond acceptors (Lipinski definition) is 7. The summed E-state index contributed by atoms with van der Waals surface area (Å²) in [4.78, 5) is 19.8. The van der Waals surface area contributed by atoms with Crippen molar-refractivity contribution in [3.05, 3.63) is 15.9 Å². The average Bonchev–Trinajstić information content (AvgIpc) is 2.92. The fourth-order valence-electron chi connectivity index (χ4n) is 2.11. The summed E-state index contributed by atoms with van der Waals surface area (Å²) in [6.45, 7) is -0.0373. The van der Waals surface area contributed by atoms with Crippen molar-refractivity contribution in [3.63, 3.8) is 0 Å². The van der Waals surface area contributed by atoms with E-state index in [1.54, 1.807) is 6.20 Å². The van der Waals surface area contributed by atoms with Crippen molar-refractivity contribution in [3.8, 4) is 0 Å². The maximum absolute atomic E-state index is 12.0. The highest BCUT2D eigenvalue weighted by atomic mass is 32.1. The molecule has 2 aromatic heterocycles. The van der Waals surface area contributed by atoms with Crippen molar-refractivity contribution in [1.29, 1.82) is 0 Å². The van der Waals surface area contributed by atoms with E-state index in [1.807, 2.05) is 0 Å². The summed E-state index contributed by atoms with van der Waals surface area (Å²) in [7, 11) is 0. The number of nitrogens with zero attached hydrogens (tertiary/aromatic N) is 3. The quantitative estimate of drug-likeness (QED) is 0.801. The molecule has 0 radical (unpaired) electrons. The Morgan fingerprint density at radius 1 is 1.61 bits per heavy atom. The summed E-state index contributed by atoms with van der Waals surface area (Å²) < 4.78 is 7.78. The second-order valence-corrected chi connectivity index (χ2v) is 5.12. The van der Waals surface area contributed by atoms with Gasteiger partial charge in [0.15, 0.2) is 5.65 Å². The van der Waals surface area contributed by atoms with Crippen molar-refractivity contribution < 1.29 is 9.84 Å². The lowest BCUT2D eigenvalue weighted by Crippen LogP contribution is -2.21. The Balaban J connectivity index is 2.08. The van der Waals surface area contributed by atoms with Crippen LogP contribution in [0.25, 0.3) is 10.3 Å². The lowest BCUT2D eigenvalue weighted by molar-refractivity contribution is -0.0214. The van der Waals surface area contributed by atoms with Gasteiger partial charge in [0, 0.05) is 0 Å². The minimum absolute atomic E-state index is 0.0373. The summed E-state index contributed by atoms with van der Waals surface area (Å²) in [5.41, 5.74) is 6.04. The topological polar surface area (TPSA) is 103 Å². The van der Waals surface area contributed by atoms with E-state index in [4.69, 9.17) is 15.6 Å². The number of fused-ring (bicyclic) bond motifs is 1. The van der Waals surface area contributed by atoms with Gasteiger partial charge in [-0.05, 0) is 12.8 Å². The van der Waals surface area contributed by atoms with Crippen molar-refractivity contribution >= 4 is 27.6 Å². The molecule has 0 aromatic carbocycles. The third-order valence-corrected chi connectivity index (χ3v) is 3.83. The minimum atomic E-state index is -0.377. The van der Waals surface area contributed by atoms with Gasteiger partial charge in [0.25, 0.3) is 0 Å². The van der Waals surface area contributed by atoms with E-state index >= 15 is 0 Å². The van der Waals surface area contributed by atoms with Crippen LogP contribution in [0, 0.1) is 0 Å². The molecule has 1 fully saturated rings. The maximum atomic E-state index is 12.0. The standard InChI is InChI=1S/C10H12N4O3S/c11-9-12-3-6-8(13-9)14(10(16)18-6)7-2-1-5(4-15)17-7/h3,5,7,15H,1-2,4H2,(H2,11,12,13)/t5-,7+/m0/s1. The van der Waals surface area contributed by atoms with Crippen LogP contribution in [0.15, 0.2) is 11.0 Å². The van der Waals surface area contributed by atoms with Gasteiger partial charge in [-0.3, -0.25) is 9.36 Å². The number of ether oxygens (including phenoxy) is 1. The molecule has 0 unspecified atom stereocenters. The van der Waals surface area contributed by atoms with Gasteiger partial charge in [0.1, 0.15) is 6.23 Å². The second kappa shape index (κ2) is 4.30. The third kappa shape index (κ3) is 1.78. The molecule has 0 spiro atoms. The first-order valence-electron chi connectivity index (χ1n) is 5.59. The lowest BCUT2D eigenvalue weighted by atomic mass is 10.2. The molecule has 2 aromatic rings. The second-order valence-electron chi connectivity index (χ2n) is 4.13. The number of thiazole rings is 1. The highest BCUT2D eigenvalue weighted by Gasteiger charge is 2.29. The van der Waals surface area contributed by atoms with Gasteiger partial charge in [0.2, 0.25) is 5.95 Å². The van der Waals surface area contributed by atoms with Crippen LogP contribution in [0.3, 0.4) is 0 Å². The number of hydrogen-bond donors (Lipinski definition) is 2. The van der Waals surface area contributed by atoms with E-state index in [0.29, 0.717) is 16.8 Å². The SMILES string of the molecule is Nc1ncc2sc(=O)n([C@H]3CC[C@@H](CO)O3)c2n1. The summed E-state index contributed by atoms with van der Waals surface area (Å²) in [5.74, 6) is 0.130. The van der Waals surface area contributed by atoms with Crippen LogP contribution in [0.5, 0.6) is 0 Å². The van der Waals surface area contributed by atoms with Gasteiger partial charge in [-0.1, -0.05) is 11.3 Å². The highest BCUT2D eigenvalue weighted by molar-refractivity contribution is 7.16. The Morgan fingerprint density at radius 2 is 2.44 bits per heavy atom. The molecule has 0 saturated carbocycles. The van der Waals surface area contributed by atoms with Crippen molar-refractivity contribution in [2.24, 2.45) is 0 Å². The van der Waals surface area contributed by atoms with E-state index in [1.165, 1.54) is 4.57 Å². The molecule has 0 bridgehead atoms. The minimum Gasteiger partial charge on any atom is -0.394 e. The van der Waals surface area contributed by atoms with Crippen LogP contribution in [-0.2, 0) is 4.74 Å². The van der Waals surface area contributed by atoms with Gasteiger partial charge in [-0.2, -0.15) is 4.98 Å². The van der Waals surface area contributed by atoms with Gasteiger partial charge in [-0.15, -0.1) is 0 Å². The lowest BCUT2D eigenvalue weighted by Gasteiger charge is -2.13. The number of aliphatic hydroxyl groups is 1. The van der Waals surface area contributed by atoms with Crippen LogP contribution in [0.1, 0.15) is 19.1 Å². The molecule has 96 valence electrons. The van der Waals surface area contributed by atoms with Gasteiger partial charge < -0.3 is 15.6 Å². The molecule has 1 aliphatic heterocycles. The zero-order chi connectivity index (χ0) is 12.7. The molecule has 3 N–H and O–H groups in total. The van der Waals surface area contributed by atoms with Crippen LogP contribution < -0.4 is 10.6 Å². The predicted molar refractivity (Wildman–Crippen MR) is 66.3 cm³/mol. The Hall–Kier alpha value is -1.51. The molecule has 1 aliphatic rings. The molecule has 7 nitrogen and oxygen atoms in total. The third-order valence-electron chi connectivity index (χ3n) is 2.95. The van der Waals surface area contributed by atoms with E-state index in [0.717, 1.165) is 17.8 Å². The number of aromatic nitrogens is 3.